The predicted octanol–water partition coefficient (Wildman–Crippen LogP) is 4.31. The minimum Gasteiger partial charge on any atom is -0.351 e. The van der Waals surface area contributed by atoms with E-state index in [0.717, 1.165) is 36.8 Å². The van der Waals surface area contributed by atoms with E-state index in [0.29, 0.717) is 22.0 Å². The van der Waals surface area contributed by atoms with Crippen LogP contribution in [0.4, 0.5) is 5.69 Å². The van der Waals surface area contributed by atoms with Gasteiger partial charge in [-0.1, -0.05) is 23.7 Å². The van der Waals surface area contributed by atoms with Gasteiger partial charge in [0, 0.05) is 29.7 Å². The van der Waals surface area contributed by atoms with Gasteiger partial charge in [0.25, 0.3) is 11.8 Å². The first kappa shape index (κ1) is 16.7. The van der Waals surface area contributed by atoms with Crippen molar-refractivity contribution in [2.24, 2.45) is 0 Å². The fourth-order valence-corrected chi connectivity index (χ4v) is 3.48. The van der Waals surface area contributed by atoms with E-state index < -0.39 is 0 Å². The van der Waals surface area contributed by atoms with Crippen molar-refractivity contribution in [1.82, 2.24) is 9.88 Å². The van der Waals surface area contributed by atoms with E-state index >= 15 is 0 Å². The van der Waals surface area contributed by atoms with Gasteiger partial charge in [0.15, 0.2) is 0 Å². The van der Waals surface area contributed by atoms with Crippen LogP contribution >= 0.6 is 11.6 Å². The van der Waals surface area contributed by atoms with Gasteiger partial charge in [0.1, 0.15) is 5.69 Å². The first-order chi connectivity index (χ1) is 12.6. The maximum atomic E-state index is 12.5. The summed E-state index contributed by atoms with van der Waals surface area (Å²) < 4.78 is 0. The second kappa shape index (κ2) is 6.84. The first-order valence-electron chi connectivity index (χ1n) is 8.60. The average molecular weight is 368 g/mol. The van der Waals surface area contributed by atoms with Crippen LogP contribution in [-0.4, -0.2) is 34.8 Å². The van der Waals surface area contributed by atoms with Gasteiger partial charge >= 0.3 is 0 Å². The number of aromatic amines is 1. The number of nitrogens with zero attached hydrogens (tertiary/aromatic N) is 1. The summed E-state index contributed by atoms with van der Waals surface area (Å²) in [4.78, 5) is 29.9. The predicted molar refractivity (Wildman–Crippen MR) is 103 cm³/mol. The summed E-state index contributed by atoms with van der Waals surface area (Å²) in [6.45, 7) is 1.63. The van der Waals surface area contributed by atoms with Gasteiger partial charge in [-0.25, -0.2) is 0 Å². The van der Waals surface area contributed by atoms with Crippen LogP contribution in [0.3, 0.4) is 0 Å². The van der Waals surface area contributed by atoms with Crippen LogP contribution in [0, 0.1) is 0 Å². The second-order valence-corrected chi connectivity index (χ2v) is 6.83. The Balaban J connectivity index is 1.57. The molecule has 26 heavy (non-hydrogen) atoms. The molecule has 0 spiro atoms. The summed E-state index contributed by atoms with van der Waals surface area (Å²) in [5.74, 6) is -0.237. The van der Waals surface area contributed by atoms with Gasteiger partial charge < -0.3 is 15.2 Å². The summed E-state index contributed by atoms with van der Waals surface area (Å²) in [5.41, 5.74) is 2.52. The molecule has 1 aliphatic rings. The Morgan fingerprint density at radius 3 is 2.58 bits per heavy atom. The molecule has 1 fully saturated rings. The third kappa shape index (κ3) is 3.18. The van der Waals surface area contributed by atoms with E-state index in [1.807, 2.05) is 23.1 Å². The highest BCUT2D eigenvalue weighted by Crippen LogP contribution is 2.23. The van der Waals surface area contributed by atoms with E-state index in [1.54, 1.807) is 30.3 Å². The summed E-state index contributed by atoms with van der Waals surface area (Å²) in [6.07, 6.45) is 2.12. The summed E-state index contributed by atoms with van der Waals surface area (Å²) in [5, 5.41) is 4.14. The molecule has 2 amide bonds. The van der Waals surface area contributed by atoms with Gasteiger partial charge in [-0.15, -0.1) is 0 Å². The van der Waals surface area contributed by atoms with E-state index in [9.17, 15) is 9.59 Å². The fraction of sp³-hybridized carbons (Fsp3) is 0.200. The standard InChI is InChI=1S/C20H18ClN3O2/c21-16-6-2-1-5-15(16)19(25)22-14-7-8-17-13(11-14)12-18(23-17)20(26)24-9-3-4-10-24/h1-2,5-8,11-12,23H,3-4,9-10H2,(H,22,25). The molecule has 132 valence electrons. The number of hydrogen-bond acceptors (Lipinski definition) is 2. The fourth-order valence-electron chi connectivity index (χ4n) is 3.26. The van der Waals surface area contributed by atoms with Crippen molar-refractivity contribution in [3.63, 3.8) is 0 Å². The van der Waals surface area contributed by atoms with Crippen molar-refractivity contribution in [3.8, 4) is 0 Å². The number of carbonyl (C=O) groups is 2. The lowest BCUT2D eigenvalue weighted by molar-refractivity contribution is 0.0787. The molecule has 0 atom stereocenters. The zero-order chi connectivity index (χ0) is 18.1. The lowest BCUT2D eigenvalue weighted by Gasteiger charge is -2.13. The summed E-state index contributed by atoms with van der Waals surface area (Å²) >= 11 is 6.07. The highest BCUT2D eigenvalue weighted by Gasteiger charge is 2.21. The van der Waals surface area contributed by atoms with Crippen LogP contribution in [0.25, 0.3) is 10.9 Å². The number of amides is 2. The van der Waals surface area contributed by atoms with Crippen molar-refractivity contribution in [1.29, 1.82) is 0 Å². The first-order valence-corrected chi connectivity index (χ1v) is 8.97. The maximum Gasteiger partial charge on any atom is 0.270 e. The number of rotatable bonds is 3. The molecule has 6 heteroatoms. The highest BCUT2D eigenvalue weighted by molar-refractivity contribution is 6.34. The number of halogens is 1. The average Bonchev–Trinajstić information content (AvgIpc) is 3.31. The molecule has 2 N–H and O–H groups in total. The van der Waals surface area contributed by atoms with Gasteiger partial charge in [-0.2, -0.15) is 0 Å². The number of H-pyrrole nitrogens is 1. The van der Waals surface area contributed by atoms with Crippen LogP contribution in [0.5, 0.6) is 0 Å². The third-order valence-corrected chi connectivity index (χ3v) is 4.95. The zero-order valence-corrected chi connectivity index (χ0v) is 14.8. The van der Waals surface area contributed by atoms with Crippen LogP contribution in [0.15, 0.2) is 48.5 Å². The highest BCUT2D eigenvalue weighted by atomic mass is 35.5. The van der Waals surface area contributed by atoms with Crippen molar-refractivity contribution in [3.05, 3.63) is 64.8 Å². The topological polar surface area (TPSA) is 65.2 Å². The third-order valence-electron chi connectivity index (χ3n) is 4.62. The van der Waals surface area contributed by atoms with Gasteiger partial charge in [-0.3, -0.25) is 9.59 Å². The van der Waals surface area contributed by atoms with Crippen molar-refractivity contribution < 1.29 is 9.59 Å². The largest absolute Gasteiger partial charge is 0.351 e. The minimum absolute atomic E-state index is 0.0281. The lowest BCUT2D eigenvalue weighted by Crippen LogP contribution is -2.27. The normalized spacial score (nSPS) is 14.0. The molecular formula is C20H18ClN3O2. The Hall–Kier alpha value is -2.79. The molecule has 1 aliphatic heterocycles. The van der Waals surface area contributed by atoms with Crippen LogP contribution in [0.1, 0.15) is 33.7 Å². The molecule has 5 nitrogen and oxygen atoms in total. The zero-order valence-electron chi connectivity index (χ0n) is 14.1. The van der Waals surface area contributed by atoms with Crippen molar-refractivity contribution in [2.45, 2.75) is 12.8 Å². The quantitative estimate of drug-likeness (QED) is 0.724. The maximum absolute atomic E-state index is 12.5. The molecule has 2 aromatic carbocycles. The Kier molecular flexibility index (Phi) is 4.39. The van der Waals surface area contributed by atoms with Crippen molar-refractivity contribution in [2.75, 3.05) is 18.4 Å². The van der Waals surface area contributed by atoms with E-state index in [-0.39, 0.29) is 11.8 Å². The molecule has 3 aromatic rings. The molecule has 2 heterocycles. The number of anilines is 1. The number of hydrogen-bond donors (Lipinski definition) is 2. The smallest absolute Gasteiger partial charge is 0.270 e. The minimum atomic E-state index is -0.265. The van der Waals surface area contributed by atoms with Gasteiger partial charge in [0.05, 0.1) is 10.6 Å². The Labute approximate surface area is 155 Å². The van der Waals surface area contributed by atoms with Gasteiger partial charge in [-0.05, 0) is 49.2 Å². The van der Waals surface area contributed by atoms with E-state index in [1.165, 1.54) is 0 Å². The number of fused-ring (bicyclic) bond motifs is 1. The van der Waals surface area contributed by atoms with E-state index in [4.69, 9.17) is 11.6 Å². The number of nitrogens with one attached hydrogen (secondary N) is 2. The molecule has 0 bridgehead atoms. The molecule has 1 aromatic heterocycles. The second-order valence-electron chi connectivity index (χ2n) is 6.42. The van der Waals surface area contributed by atoms with Gasteiger partial charge in [0.2, 0.25) is 0 Å². The molecule has 0 unspecified atom stereocenters. The Morgan fingerprint density at radius 2 is 1.81 bits per heavy atom. The van der Waals surface area contributed by atoms with Crippen LogP contribution in [-0.2, 0) is 0 Å². The summed E-state index contributed by atoms with van der Waals surface area (Å²) in [6, 6.07) is 14.3. The SMILES string of the molecule is O=C(Nc1ccc2[nH]c(C(=O)N3CCCC3)cc2c1)c1ccccc1Cl. The molecule has 0 radical (unpaired) electrons. The lowest BCUT2D eigenvalue weighted by atomic mass is 10.2. The number of aromatic nitrogens is 1. The molecule has 0 saturated carbocycles. The molecule has 0 aliphatic carbocycles. The van der Waals surface area contributed by atoms with E-state index in [2.05, 4.69) is 10.3 Å². The molecule has 4 rings (SSSR count). The number of benzene rings is 2. The van der Waals surface area contributed by atoms with Crippen LogP contribution in [0.2, 0.25) is 5.02 Å². The number of carbonyl (C=O) groups excluding carboxylic acids is 2. The summed E-state index contributed by atoms with van der Waals surface area (Å²) in [7, 11) is 0. The Morgan fingerprint density at radius 1 is 1.04 bits per heavy atom. The molecular weight excluding hydrogens is 350 g/mol. The Bertz CT molecular complexity index is 990. The molecule has 1 saturated heterocycles. The van der Waals surface area contributed by atoms with Crippen molar-refractivity contribution >= 4 is 40.0 Å². The number of likely N-dealkylation sites (tertiary alicyclic amines) is 1. The van der Waals surface area contributed by atoms with Crippen LogP contribution < -0.4 is 5.32 Å². The monoisotopic (exact) mass is 367 g/mol.